The van der Waals surface area contributed by atoms with Crippen LogP contribution in [0.4, 0.5) is 0 Å². The van der Waals surface area contributed by atoms with Crippen LogP contribution in [0.3, 0.4) is 0 Å². The highest BCUT2D eigenvalue weighted by atomic mass is 16.5. The molecule has 0 N–H and O–H groups in total. The van der Waals surface area contributed by atoms with Gasteiger partial charge in [-0.25, -0.2) is 4.99 Å². The fourth-order valence-corrected chi connectivity index (χ4v) is 0.651. The van der Waals surface area contributed by atoms with E-state index < -0.39 is 0 Å². The van der Waals surface area contributed by atoms with Gasteiger partial charge in [0.2, 0.25) is 11.8 Å². The fourth-order valence-electron chi connectivity index (χ4n) is 0.651. The molecule has 0 aromatic carbocycles. The highest BCUT2D eigenvalue weighted by Crippen LogP contribution is 2.07. The summed E-state index contributed by atoms with van der Waals surface area (Å²) < 4.78 is 4.97. The van der Waals surface area contributed by atoms with Crippen molar-refractivity contribution in [2.75, 3.05) is 7.05 Å². The molecular weight excluding hydrogens is 116 g/mol. The van der Waals surface area contributed by atoms with Gasteiger partial charge in [-0.2, -0.15) is 0 Å². The third kappa shape index (κ3) is 0.988. The van der Waals surface area contributed by atoms with Crippen LogP contribution in [0, 0.1) is 0 Å². The highest BCUT2D eigenvalue weighted by Gasteiger charge is 2.13. The standard InChI is InChI=1S/C6H8N2O/c1-4-6(7-3)9-5(2)8-4/h2H2,1,3H3. The SMILES string of the molecule is C=C1N=C(C)C(=NC)O1. The van der Waals surface area contributed by atoms with E-state index >= 15 is 0 Å². The van der Waals surface area contributed by atoms with Gasteiger partial charge in [0, 0.05) is 7.05 Å². The average Bonchev–Trinajstić information content (AvgIpc) is 2.10. The Morgan fingerprint density at radius 1 is 1.67 bits per heavy atom. The monoisotopic (exact) mass is 124 g/mol. The zero-order valence-electron chi connectivity index (χ0n) is 5.51. The summed E-state index contributed by atoms with van der Waals surface area (Å²) in [6.45, 7) is 5.35. The van der Waals surface area contributed by atoms with E-state index in [4.69, 9.17) is 4.74 Å². The summed E-state index contributed by atoms with van der Waals surface area (Å²) in [5.74, 6) is 0.994. The van der Waals surface area contributed by atoms with Gasteiger partial charge in [0.05, 0.1) is 0 Å². The molecule has 3 nitrogen and oxygen atoms in total. The van der Waals surface area contributed by atoms with Crippen LogP contribution in [0.25, 0.3) is 0 Å². The van der Waals surface area contributed by atoms with E-state index in [1.165, 1.54) is 0 Å². The second-order valence-electron chi connectivity index (χ2n) is 1.72. The smallest absolute Gasteiger partial charge is 0.238 e. The Labute approximate surface area is 53.8 Å². The van der Waals surface area contributed by atoms with Crippen molar-refractivity contribution in [1.82, 2.24) is 0 Å². The molecule has 0 spiro atoms. The fraction of sp³-hybridized carbons (Fsp3) is 0.333. The van der Waals surface area contributed by atoms with Crippen molar-refractivity contribution in [3.8, 4) is 0 Å². The molecule has 9 heavy (non-hydrogen) atoms. The van der Waals surface area contributed by atoms with E-state index in [-0.39, 0.29) is 0 Å². The van der Waals surface area contributed by atoms with Crippen molar-refractivity contribution in [2.45, 2.75) is 6.92 Å². The van der Waals surface area contributed by atoms with Crippen LogP contribution < -0.4 is 0 Å². The van der Waals surface area contributed by atoms with Gasteiger partial charge in [0.25, 0.3) is 0 Å². The summed E-state index contributed by atoms with van der Waals surface area (Å²) in [6, 6.07) is 0. The molecule has 0 fully saturated rings. The lowest BCUT2D eigenvalue weighted by Gasteiger charge is -1.92. The molecule has 0 aliphatic carbocycles. The molecule has 0 amide bonds. The first-order valence-corrected chi connectivity index (χ1v) is 2.63. The summed E-state index contributed by atoms with van der Waals surface area (Å²) >= 11 is 0. The maximum atomic E-state index is 4.97. The number of ether oxygens (including phenoxy) is 1. The van der Waals surface area contributed by atoms with E-state index in [0.29, 0.717) is 11.8 Å². The number of nitrogens with zero attached hydrogens (tertiary/aromatic N) is 2. The molecule has 0 unspecified atom stereocenters. The lowest BCUT2D eigenvalue weighted by Crippen LogP contribution is -2.05. The second kappa shape index (κ2) is 2.01. The normalized spacial score (nSPS) is 22.2. The van der Waals surface area contributed by atoms with Crippen molar-refractivity contribution >= 4 is 11.6 Å². The summed E-state index contributed by atoms with van der Waals surface area (Å²) in [5.41, 5.74) is 0.794. The number of rotatable bonds is 0. The van der Waals surface area contributed by atoms with Crippen LogP contribution >= 0.6 is 0 Å². The van der Waals surface area contributed by atoms with Gasteiger partial charge in [-0.1, -0.05) is 0 Å². The molecule has 48 valence electrons. The van der Waals surface area contributed by atoms with Gasteiger partial charge in [-0.15, -0.1) is 0 Å². The highest BCUT2D eigenvalue weighted by molar-refractivity contribution is 6.39. The van der Waals surface area contributed by atoms with Crippen molar-refractivity contribution in [3.63, 3.8) is 0 Å². The molecule has 1 aliphatic heterocycles. The molecule has 3 heteroatoms. The molecule has 0 aromatic heterocycles. The number of hydrogen-bond donors (Lipinski definition) is 0. The predicted molar refractivity (Wildman–Crippen MR) is 36.7 cm³/mol. The summed E-state index contributed by atoms with van der Waals surface area (Å²) in [4.78, 5) is 7.73. The molecule has 1 heterocycles. The van der Waals surface area contributed by atoms with Gasteiger partial charge in [-0.3, -0.25) is 4.99 Å². The van der Waals surface area contributed by atoms with Gasteiger partial charge in [0.15, 0.2) is 0 Å². The Morgan fingerprint density at radius 2 is 2.33 bits per heavy atom. The zero-order valence-corrected chi connectivity index (χ0v) is 5.51. The minimum Gasteiger partial charge on any atom is -0.420 e. The van der Waals surface area contributed by atoms with Crippen LogP contribution in [0.1, 0.15) is 6.92 Å². The molecule has 0 saturated carbocycles. The van der Waals surface area contributed by atoms with E-state index in [0.717, 1.165) is 5.71 Å². The quantitative estimate of drug-likeness (QED) is 0.474. The Hall–Kier alpha value is -1.12. The average molecular weight is 124 g/mol. The topological polar surface area (TPSA) is 34.0 Å². The van der Waals surface area contributed by atoms with E-state index in [2.05, 4.69) is 16.6 Å². The molecule has 0 radical (unpaired) electrons. The first-order chi connectivity index (χ1) is 4.24. The molecule has 0 saturated heterocycles. The lowest BCUT2D eigenvalue weighted by molar-refractivity contribution is 0.434. The zero-order chi connectivity index (χ0) is 6.85. The molecular formula is C6H8N2O. The van der Waals surface area contributed by atoms with Crippen LogP contribution in [-0.4, -0.2) is 18.7 Å². The Bertz CT molecular complexity index is 203. The second-order valence-corrected chi connectivity index (χ2v) is 1.72. The minimum absolute atomic E-state index is 0.424. The third-order valence-electron chi connectivity index (χ3n) is 1.02. The van der Waals surface area contributed by atoms with E-state index in [9.17, 15) is 0 Å². The van der Waals surface area contributed by atoms with Crippen molar-refractivity contribution < 1.29 is 4.74 Å². The van der Waals surface area contributed by atoms with Crippen molar-refractivity contribution in [1.29, 1.82) is 0 Å². The van der Waals surface area contributed by atoms with Gasteiger partial charge >= 0.3 is 0 Å². The summed E-state index contributed by atoms with van der Waals surface area (Å²) in [6.07, 6.45) is 0. The Kier molecular flexibility index (Phi) is 1.34. The molecule has 0 aromatic rings. The van der Waals surface area contributed by atoms with E-state index in [1.807, 2.05) is 6.92 Å². The summed E-state index contributed by atoms with van der Waals surface area (Å²) in [7, 11) is 1.66. The van der Waals surface area contributed by atoms with Gasteiger partial charge in [0.1, 0.15) is 5.71 Å². The first-order valence-electron chi connectivity index (χ1n) is 2.63. The maximum Gasteiger partial charge on any atom is 0.238 e. The van der Waals surface area contributed by atoms with Crippen LogP contribution in [-0.2, 0) is 4.74 Å². The molecule has 1 rings (SSSR count). The van der Waals surface area contributed by atoms with Crippen LogP contribution in [0.2, 0.25) is 0 Å². The largest absolute Gasteiger partial charge is 0.420 e. The van der Waals surface area contributed by atoms with Crippen molar-refractivity contribution in [3.05, 3.63) is 12.5 Å². The molecule has 0 atom stereocenters. The van der Waals surface area contributed by atoms with Crippen molar-refractivity contribution in [2.24, 2.45) is 9.98 Å². The van der Waals surface area contributed by atoms with Crippen LogP contribution in [0.15, 0.2) is 22.4 Å². The van der Waals surface area contributed by atoms with Gasteiger partial charge in [-0.05, 0) is 13.5 Å². The molecule has 1 aliphatic rings. The first kappa shape index (κ1) is 6.01. The van der Waals surface area contributed by atoms with Crippen LogP contribution in [0.5, 0.6) is 0 Å². The predicted octanol–water partition coefficient (Wildman–Crippen LogP) is 0.977. The third-order valence-corrected chi connectivity index (χ3v) is 1.02. The Balaban J connectivity index is 2.89. The molecule has 0 bridgehead atoms. The van der Waals surface area contributed by atoms with Gasteiger partial charge < -0.3 is 4.74 Å². The Morgan fingerprint density at radius 3 is 2.56 bits per heavy atom. The van der Waals surface area contributed by atoms with E-state index in [1.54, 1.807) is 7.05 Å². The lowest BCUT2D eigenvalue weighted by atomic mass is 10.4. The maximum absolute atomic E-state index is 4.97. The minimum atomic E-state index is 0.424. The number of hydrogen-bond acceptors (Lipinski definition) is 3. The summed E-state index contributed by atoms with van der Waals surface area (Å²) in [5, 5.41) is 0. The number of aliphatic imine (C=N–C) groups is 2.